The van der Waals surface area contributed by atoms with E-state index in [1.807, 2.05) is 16.7 Å². The molecule has 0 spiro atoms. The van der Waals surface area contributed by atoms with E-state index in [2.05, 4.69) is 9.97 Å². The number of rotatable bonds is 4. The lowest BCUT2D eigenvalue weighted by atomic mass is 9.92. The van der Waals surface area contributed by atoms with Gasteiger partial charge in [-0.05, 0) is 49.6 Å². The lowest BCUT2D eigenvalue weighted by Gasteiger charge is -2.29. The Hall–Kier alpha value is -4.47. The maximum atomic E-state index is 13.0. The van der Waals surface area contributed by atoms with Crippen molar-refractivity contribution in [2.75, 3.05) is 7.11 Å². The van der Waals surface area contributed by atoms with Crippen LogP contribution < -0.4 is 5.56 Å². The molecule has 35 heavy (non-hydrogen) atoms. The standard InChI is InChI=1S/C25H21N5O5/c1-29-21(28-19(20(31)24(29)32)23-27-16-8-3-4-9-18(16)35-23)22-26-15-11-10-13(25(33)34-2)12-17(15)30(22)14-6-5-7-14/h3-4,8-12,14,31H,5-7H2,1-2H3. The fourth-order valence-corrected chi connectivity index (χ4v) is 4.42. The topological polar surface area (TPSA) is 125 Å². The summed E-state index contributed by atoms with van der Waals surface area (Å²) >= 11 is 0. The van der Waals surface area contributed by atoms with Gasteiger partial charge in [0.05, 0.1) is 23.7 Å². The van der Waals surface area contributed by atoms with E-state index in [1.165, 1.54) is 18.7 Å². The lowest BCUT2D eigenvalue weighted by molar-refractivity contribution is 0.0601. The smallest absolute Gasteiger partial charge is 0.337 e. The van der Waals surface area contributed by atoms with Crippen LogP contribution in [0.2, 0.25) is 0 Å². The van der Waals surface area contributed by atoms with Crippen LogP contribution in [0.15, 0.2) is 51.7 Å². The minimum absolute atomic E-state index is 0.0435. The quantitative estimate of drug-likeness (QED) is 0.392. The van der Waals surface area contributed by atoms with Crippen molar-refractivity contribution < 1.29 is 19.1 Å². The molecule has 0 atom stereocenters. The third-order valence-electron chi connectivity index (χ3n) is 6.51. The summed E-state index contributed by atoms with van der Waals surface area (Å²) in [7, 11) is 2.87. The number of imidazole rings is 1. The number of oxazole rings is 1. The molecular formula is C25H21N5O5. The van der Waals surface area contributed by atoms with Crippen molar-refractivity contribution in [1.82, 2.24) is 24.1 Å². The van der Waals surface area contributed by atoms with Crippen LogP contribution >= 0.6 is 0 Å². The van der Waals surface area contributed by atoms with Crippen molar-refractivity contribution in [3.63, 3.8) is 0 Å². The zero-order valence-electron chi connectivity index (χ0n) is 19.1. The van der Waals surface area contributed by atoms with Gasteiger partial charge in [0.2, 0.25) is 11.6 Å². The predicted molar refractivity (Wildman–Crippen MR) is 127 cm³/mol. The highest BCUT2D eigenvalue weighted by Crippen LogP contribution is 2.39. The van der Waals surface area contributed by atoms with Crippen molar-refractivity contribution in [2.24, 2.45) is 7.05 Å². The first kappa shape index (κ1) is 21.1. The third-order valence-corrected chi connectivity index (χ3v) is 6.51. The summed E-state index contributed by atoms with van der Waals surface area (Å²) in [6.07, 6.45) is 2.94. The molecule has 0 radical (unpaired) electrons. The first-order valence-electron chi connectivity index (χ1n) is 11.2. The number of ether oxygens (including phenoxy) is 1. The molecule has 10 heteroatoms. The van der Waals surface area contributed by atoms with Crippen LogP contribution in [0.5, 0.6) is 5.75 Å². The van der Waals surface area contributed by atoms with E-state index >= 15 is 0 Å². The number of benzene rings is 2. The minimum Gasteiger partial charge on any atom is -0.501 e. The summed E-state index contributed by atoms with van der Waals surface area (Å²) in [5.74, 6) is -0.233. The third kappa shape index (κ3) is 3.21. The van der Waals surface area contributed by atoms with Gasteiger partial charge in [0, 0.05) is 13.1 Å². The van der Waals surface area contributed by atoms with Crippen LogP contribution in [0, 0.1) is 0 Å². The summed E-state index contributed by atoms with van der Waals surface area (Å²) in [6.45, 7) is 0. The van der Waals surface area contributed by atoms with Crippen molar-refractivity contribution in [3.8, 4) is 29.0 Å². The predicted octanol–water partition coefficient (Wildman–Crippen LogP) is 3.82. The van der Waals surface area contributed by atoms with Crippen LogP contribution in [0.1, 0.15) is 35.7 Å². The molecule has 0 unspecified atom stereocenters. The van der Waals surface area contributed by atoms with Crippen LogP contribution in [0.4, 0.5) is 0 Å². The largest absolute Gasteiger partial charge is 0.501 e. The van der Waals surface area contributed by atoms with Crippen LogP contribution in [0.3, 0.4) is 0 Å². The van der Waals surface area contributed by atoms with Crippen molar-refractivity contribution in [3.05, 3.63) is 58.4 Å². The number of fused-ring (bicyclic) bond motifs is 2. The van der Waals surface area contributed by atoms with Crippen molar-refractivity contribution in [1.29, 1.82) is 0 Å². The molecule has 1 fully saturated rings. The number of hydrogen-bond acceptors (Lipinski definition) is 8. The minimum atomic E-state index is -0.644. The number of esters is 1. The highest BCUT2D eigenvalue weighted by Gasteiger charge is 2.29. The van der Waals surface area contributed by atoms with Gasteiger partial charge in [-0.3, -0.25) is 9.36 Å². The average molecular weight is 471 g/mol. The Morgan fingerprint density at radius 2 is 1.89 bits per heavy atom. The first-order chi connectivity index (χ1) is 17.0. The van der Waals surface area contributed by atoms with E-state index in [4.69, 9.17) is 14.1 Å². The molecule has 3 heterocycles. The molecule has 0 amide bonds. The molecule has 1 aliphatic rings. The number of aromatic nitrogens is 5. The molecule has 0 saturated heterocycles. The molecular weight excluding hydrogens is 450 g/mol. The van der Waals surface area contributed by atoms with Crippen LogP contribution in [-0.2, 0) is 11.8 Å². The highest BCUT2D eigenvalue weighted by molar-refractivity contribution is 5.94. The Kier molecular flexibility index (Phi) is 4.70. The Morgan fingerprint density at radius 1 is 1.09 bits per heavy atom. The number of aromatic hydroxyl groups is 1. The summed E-state index contributed by atoms with van der Waals surface area (Å²) in [5.41, 5.74) is 2.22. The summed E-state index contributed by atoms with van der Waals surface area (Å²) in [5, 5.41) is 10.7. The zero-order valence-corrected chi connectivity index (χ0v) is 19.1. The molecule has 0 aliphatic heterocycles. The number of carbonyl (C=O) groups is 1. The molecule has 176 valence electrons. The molecule has 0 bridgehead atoms. The van der Waals surface area contributed by atoms with Crippen molar-refractivity contribution in [2.45, 2.75) is 25.3 Å². The molecule has 1 N–H and O–H groups in total. The van der Waals surface area contributed by atoms with Gasteiger partial charge in [0.25, 0.3) is 5.56 Å². The lowest BCUT2D eigenvalue weighted by Crippen LogP contribution is -2.24. The van der Waals surface area contributed by atoms with Crippen LogP contribution in [0.25, 0.3) is 45.4 Å². The molecule has 3 aromatic heterocycles. The maximum absolute atomic E-state index is 13.0. The second-order valence-corrected chi connectivity index (χ2v) is 8.57. The van der Waals surface area contributed by atoms with E-state index in [-0.39, 0.29) is 23.5 Å². The maximum Gasteiger partial charge on any atom is 0.337 e. The Morgan fingerprint density at radius 3 is 2.60 bits per heavy atom. The van der Waals surface area contributed by atoms with E-state index < -0.39 is 17.3 Å². The molecule has 6 rings (SSSR count). The van der Waals surface area contributed by atoms with E-state index in [0.717, 1.165) is 24.8 Å². The number of carbonyl (C=O) groups excluding carboxylic acids is 1. The van der Waals surface area contributed by atoms with Gasteiger partial charge in [-0.1, -0.05) is 12.1 Å². The average Bonchev–Trinajstić information content (AvgIpc) is 3.43. The first-order valence-corrected chi connectivity index (χ1v) is 11.2. The Labute approximate surface area is 198 Å². The number of methoxy groups -OCH3 is 1. The Balaban J connectivity index is 1.60. The molecule has 1 aliphatic carbocycles. The van der Waals surface area contributed by atoms with Gasteiger partial charge in [-0.25, -0.2) is 19.7 Å². The Bertz CT molecular complexity index is 1660. The fraction of sp³-hybridized carbons (Fsp3) is 0.240. The van der Waals surface area contributed by atoms with Crippen molar-refractivity contribution >= 4 is 28.1 Å². The summed E-state index contributed by atoms with van der Waals surface area (Å²) < 4.78 is 13.9. The number of hydrogen-bond donors (Lipinski definition) is 1. The fourth-order valence-electron chi connectivity index (χ4n) is 4.42. The highest BCUT2D eigenvalue weighted by atomic mass is 16.5. The van der Waals surface area contributed by atoms with E-state index in [0.29, 0.717) is 28.0 Å². The second-order valence-electron chi connectivity index (χ2n) is 8.57. The number of para-hydroxylation sites is 2. The van der Waals surface area contributed by atoms with Gasteiger partial charge >= 0.3 is 5.97 Å². The SMILES string of the molecule is COC(=O)c1ccc2nc(-c3nc(-c4nc5ccccc5o4)c(O)c(=O)n3C)n(C3CCC3)c2c1. The number of nitrogens with zero attached hydrogens (tertiary/aromatic N) is 5. The molecule has 10 nitrogen and oxygen atoms in total. The second kappa shape index (κ2) is 7.79. The van der Waals surface area contributed by atoms with Crippen LogP contribution in [-0.4, -0.2) is 42.3 Å². The van der Waals surface area contributed by atoms with Gasteiger partial charge in [0.1, 0.15) is 5.52 Å². The van der Waals surface area contributed by atoms with E-state index in [9.17, 15) is 14.7 Å². The van der Waals surface area contributed by atoms with Gasteiger partial charge < -0.3 is 18.8 Å². The monoisotopic (exact) mass is 471 g/mol. The molecule has 2 aromatic carbocycles. The van der Waals surface area contributed by atoms with E-state index in [1.54, 1.807) is 30.3 Å². The summed E-state index contributed by atoms with van der Waals surface area (Å²) in [4.78, 5) is 39.0. The van der Waals surface area contributed by atoms with Gasteiger partial charge in [-0.2, -0.15) is 0 Å². The van der Waals surface area contributed by atoms with Gasteiger partial charge in [0.15, 0.2) is 22.9 Å². The normalized spacial score (nSPS) is 13.9. The molecule has 1 saturated carbocycles. The molecule has 5 aromatic rings. The summed E-state index contributed by atoms with van der Waals surface area (Å²) in [6, 6.07) is 12.4. The zero-order chi connectivity index (χ0) is 24.3. The van der Waals surface area contributed by atoms with Gasteiger partial charge in [-0.15, -0.1) is 0 Å².